The van der Waals surface area contributed by atoms with Gasteiger partial charge in [-0.05, 0) is 18.1 Å². The Labute approximate surface area is 94.8 Å². The van der Waals surface area contributed by atoms with Crippen molar-refractivity contribution in [3.63, 3.8) is 0 Å². The van der Waals surface area contributed by atoms with Crippen LogP contribution in [0.1, 0.15) is 5.56 Å². The molecule has 0 atom stereocenters. The van der Waals surface area contributed by atoms with E-state index in [2.05, 4.69) is 20.7 Å². The monoisotopic (exact) mass is 281 g/mol. The van der Waals surface area contributed by atoms with Crippen LogP contribution in [-0.4, -0.2) is 20.1 Å². The maximum Gasteiger partial charge on any atom is 0.503 e. The fourth-order valence-electron chi connectivity index (χ4n) is 1.10. The zero-order chi connectivity index (χ0) is 11.3. The second kappa shape index (κ2) is 5.56. The Bertz CT molecular complexity index is 316. The van der Waals surface area contributed by atoms with Gasteiger partial charge in [-0.1, -0.05) is 34.1 Å². The third-order valence-corrected chi connectivity index (χ3v) is 2.55. The maximum atomic E-state index is 11.8. The van der Waals surface area contributed by atoms with Gasteiger partial charge >= 0.3 is 6.98 Å². The van der Waals surface area contributed by atoms with Crippen molar-refractivity contribution in [2.45, 2.75) is 6.42 Å². The van der Waals surface area contributed by atoms with Gasteiger partial charge in [-0.15, -0.1) is 0 Å². The average molecular weight is 282 g/mol. The van der Waals surface area contributed by atoms with Gasteiger partial charge in [0.1, 0.15) is 0 Å². The van der Waals surface area contributed by atoms with E-state index in [-0.39, 0.29) is 6.61 Å². The van der Waals surface area contributed by atoms with E-state index in [1.807, 2.05) is 24.3 Å². The van der Waals surface area contributed by atoms with Crippen LogP contribution >= 0.6 is 15.9 Å². The van der Waals surface area contributed by atoms with Crippen LogP contribution < -0.4 is 0 Å². The summed E-state index contributed by atoms with van der Waals surface area (Å²) >= 11 is 3.31. The quantitative estimate of drug-likeness (QED) is 0.594. The van der Waals surface area contributed by atoms with Crippen molar-refractivity contribution in [3.8, 4) is 0 Å². The third kappa shape index (κ3) is 5.23. The van der Waals surface area contributed by atoms with Gasteiger partial charge in [0, 0.05) is 17.6 Å². The van der Waals surface area contributed by atoms with Crippen LogP contribution in [0.4, 0.5) is 12.9 Å². The van der Waals surface area contributed by atoms with Crippen LogP contribution in [0.5, 0.6) is 0 Å². The standard InChI is InChI=1S/C9H10BBrF3O/c11-9-4-2-1-3-8(9)5-6-15-7-10(12,13)14/h1-4H,5-7H2/q-1. The summed E-state index contributed by atoms with van der Waals surface area (Å²) in [5.41, 5.74) is 0.951. The molecule has 0 amide bonds. The molecule has 0 aliphatic heterocycles. The first-order chi connectivity index (χ1) is 6.99. The lowest BCUT2D eigenvalue weighted by Crippen LogP contribution is -2.24. The van der Waals surface area contributed by atoms with Crippen molar-refractivity contribution in [3.05, 3.63) is 34.3 Å². The summed E-state index contributed by atoms with van der Waals surface area (Å²) in [6.45, 7) is -5.86. The number of halogens is 4. The predicted molar refractivity (Wildman–Crippen MR) is 57.7 cm³/mol. The number of rotatable bonds is 5. The molecule has 0 fully saturated rings. The molecule has 0 spiro atoms. The Balaban J connectivity index is 2.30. The highest BCUT2D eigenvalue weighted by Gasteiger charge is 2.22. The molecule has 0 aromatic heterocycles. The topological polar surface area (TPSA) is 9.23 Å². The molecule has 1 rings (SSSR count). The molecule has 0 saturated carbocycles. The Morgan fingerprint density at radius 1 is 1.20 bits per heavy atom. The Kier molecular flexibility index (Phi) is 4.66. The summed E-state index contributed by atoms with van der Waals surface area (Å²) in [5.74, 6) is 0. The summed E-state index contributed by atoms with van der Waals surface area (Å²) in [6, 6.07) is 7.40. The number of ether oxygens (including phenoxy) is 1. The first kappa shape index (κ1) is 12.6. The van der Waals surface area contributed by atoms with Gasteiger partial charge in [0.15, 0.2) is 0 Å². The molecule has 15 heavy (non-hydrogen) atoms. The van der Waals surface area contributed by atoms with E-state index in [9.17, 15) is 12.9 Å². The second-order valence-corrected chi connectivity index (χ2v) is 3.98. The largest absolute Gasteiger partial charge is 0.503 e. The zero-order valence-corrected chi connectivity index (χ0v) is 9.51. The molecular formula is C9H10BBrF3O-. The van der Waals surface area contributed by atoms with Gasteiger partial charge in [-0.2, -0.15) is 0 Å². The molecule has 0 unspecified atom stereocenters. The van der Waals surface area contributed by atoms with Crippen molar-refractivity contribution in [1.82, 2.24) is 0 Å². The predicted octanol–water partition coefficient (Wildman–Crippen LogP) is 3.39. The summed E-state index contributed by atoms with van der Waals surface area (Å²) in [6.07, 6.45) is 0.480. The fraction of sp³-hybridized carbons (Fsp3) is 0.333. The first-order valence-corrected chi connectivity index (χ1v) is 5.30. The summed E-state index contributed by atoms with van der Waals surface area (Å²) in [5, 5.41) is 0. The molecule has 0 N–H and O–H groups in total. The second-order valence-electron chi connectivity index (χ2n) is 3.13. The van der Waals surface area contributed by atoms with Gasteiger partial charge in [0.25, 0.3) is 0 Å². The molecule has 0 aliphatic rings. The smallest absolute Gasteiger partial charge is 0.447 e. The molecule has 0 bridgehead atoms. The highest BCUT2D eigenvalue weighted by molar-refractivity contribution is 9.10. The van der Waals surface area contributed by atoms with Crippen LogP contribution in [0.3, 0.4) is 0 Å². The maximum absolute atomic E-state index is 11.8. The minimum atomic E-state index is -4.83. The van der Waals surface area contributed by atoms with E-state index in [4.69, 9.17) is 0 Å². The number of benzene rings is 1. The summed E-state index contributed by atoms with van der Waals surface area (Å²) < 4.78 is 40.8. The highest BCUT2D eigenvalue weighted by atomic mass is 79.9. The minimum Gasteiger partial charge on any atom is -0.447 e. The number of hydrogen-bond donors (Lipinski definition) is 0. The molecule has 0 aliphatic carbocycles. The Morgan fingerprint density at radius 2 is 1.87 bits per heavy atom. The van der Waals surface area contributed by atoms with Crippen LogP contribution in [0, 0.1) is 0 Å². The van der Waals surface area contributed by atoms with E-state index in [0.717, 1.165) is 10.0 Å². The van der Waals surface area contributed by atoms with Crippen molar-refractivity contribution in [2.24, 2.45) is 0 Å². The van der Waals surface area contributed by atoms with Crippen LogP contribution in [0.2, 0.25) is 0 Å². The molecule has 6 heteroatoms. The summed E-state index contributed by atoms with van der Waals surface area (Å²) in [4.78, 5) is 0. The lowest BCUT2D eigenvalue weighted by Gasteiger charge is -2.13. The lowest BCUT2D eigenvalue weighted by molar-refractivity contribution is 0.153. The minimum absolute atomic E-state index is 0.0872. The van der Waals surface area contributed by atoms with Crippen LogP contribution in [-0.2, 0) is 11.2 Å². The molecule has 1 aromatic rings. The zero-order valence-electron chi connectivity index (χ0n) is 7.93. The van der Waals surface area contributed by atoms with E-state index >= 15 is 0 Å². The fourth-order valence-corrected chi connectivity index (χ4v) is 1.58. The van der Waals surface area contributed by atoms with Crippen molar-refractivity contribution < 1.29 is 17.7 Å². The SMILES string of the molecule is F[B-](F)(F)COCCc1ccccc1Br. The molecular weight excluding hydrogens is 272 g/mol. The highest BCUT2D eigenvalue weighted by Crippen LogP contribution is 2.16. The van der Waals surface area contributed by atoms with E-state index < -0.39 is 13.5 Å². The molecule has 84 valence electrons. The molecule has 1 nitrogen and oxygen atoms in total. The van der Waals surface area contributed by atoms with Gasteiger partial charge in [-0.25, -0.2) is 0 Å². The van der Waals surface area contributed by atoms with Gasteiger partial charge in [0.2, 0.25) is 0 Å². The Morgan fingerprint density at radius 3 is 2.47 bits per heavy atom. The van der Waals surface area contributed by atoms with Crippen molar-refractivity contribution >= 4 is 22.9 Å². The molecule has 0 saturated heterocycles. The molecule has 0 heterocycles. The third-order valence-electron chi connectivity index (χ3n) is 1.78. The van der Waals surface area contributed by atoms with Gasteiger partial charge < -0.3 is 17.7 Å². The summed E-state index contributed by atoms with van der Waals surface area (Å²) in [7, 11) is 0. The molecule has 1 aromatic carbocycles. The molecule has 0 radical (unpaired) electrons. The first-order valence-electron chi connectivity index (χ1n) is 4.51. The number of hydrogen-bond acceptors (Lipinski definition) is 1. The Hall–Kier alpha value is -0.485. The van der Waals surface area contributed by atoms with Crippen molar-refractivity contribution in [2.75, 3.05) is 13.1 Å². The van der Waals surface area contributed by atoms with Gasteiger partial charge in [-0.3, -0.25) is 0 Å². The lowest BCUT2D eigenvalue weighted by atomic mass is 9.95. The van der Waals surface area contributed by atoms with Gasteiger partial charge in [0.05, 0.1) is 0 Å². The van der Waals surface area contributed by atoms with Crippen LogP contribution in [0.15, 0.2) is 28.7 Å². The van der Waals surface area contributed by atoms with Crippen molar-refractivity contribution in [1.29, 1.82) is 0 Å². The van der Waals surface area contributed by atoms with E-state index in [1.165, 1.54) is 0 Å². The van der Waals surface area contributed by atoms with E-state index in [0.29, 0.717) is 6.42 Å². The normalized spacial score (nSPS) is 11.7. The average Bonchev–Trinajstić information content (AvgIpc) is 2.13. The van der Waals surface area contributed by atoms with Crippen LogP contribution in [0.25, 0.3) is 0 Å². The van der Waals surface area contributed by atoms with E-state index in [1.54, 1.807) is 0 Å².